The second kappa shape index (κ2) is 4.98. The van der Waals surface area contributed by atoms with Crippen LogP contribution < -0.4 is 0 Å². The number of fused-ring (bicyclic) bond motifs is 1. The van der Waals surface area contributed by atoms with E-state index >= 15 is 0 Å². The summed E-state index contributed by atoms with van der Waals surface area (Å²) in [5.74, 6) is 0.243. The highest BCUT2D eigenvalue weighted by Crippen LogP contribution is 2.42. The van der Waals surface area contributed by atoms with Gasteiger partial charge in [-0.05, 0) is 24.7 Å². The van der Waals surface area contributed by atoms with Gasteiger partial charge in [0, 0.05) is 13.5 Å². The highest BCUT2D eigenvalue weighted by Gasteiger charge is 2.38. The molecule has 3 nitrogen and oxygen atoms in total. The largest absolute Gasteiger partial charge is 0.371 e. The van der Waals surface area contributed by atoms with E-state index in [4.69, 9.17) is 9.72 Å². The molecule has 0 aliphatic heterocycles. The van der Waals surface area contributed by atoms with Gasteiger partial charge in [0.05, 0.1) is 10.6 Å². The number of ether oxygens (including phenoxy) is 1. The van der Waals surface area contributed by atoms with Gasteiger partial charge in [0.25, 0.3) is 0 Å². The van der Waals surface area contributed by atoms with Gasteiger partial charge in [0.1, 0.15) is 10.6 Å². The molecule has 0 amide bonds. The van der Waals surface area contributed by atoms with Crippen LogP contribution in [0.15, 0.2) is 0 Å². The van der Waals surface area contributed by atoms with Crippen molar-refractivity contribution in [3.63, 3.8) is 0 Å². The summed E-state index contributed by atoms with van der Waals surface area (Å²) in [5, 5.41) is 0.969. The van der Waals surface area contributed by atoms with Crippen LogP contribution in [0.25, 0.3) is 0 Å². The number of thiazole rings is 1. The minimum absolute atomic E-state index is 0.0313. The Bertz CT molecular complexity index is 478. The minimum atomic E-state index is -0.327. The summed E-state index contributed by atoms with van der Waals surface area (Å²) in [7, 11) is 1.74. The van der Waals surface area contributed by atoms with Crippen molar-refractivity contribution in [1.82, 2.24) is 4.98 Å². The number of rotatable bonds is 4. The molecule has 1 aliphatic carbocycles. The van der Waals surface area contributed by atoms with Crippen LogP contribution in [0.5, 0.6) is 0 Å². The molecule has 0 saturated heterocycles. The molecule has 4 heteroatoms. The SMILES string of the molecule is CCC(CC)(OC)c1nc2c(s1)C(=O)CC(C)(C)C2. The van der Waals surface area contributed by atoms with E-state index in [0.29, 0.717) is 6.42 Å². The van der Waals surface area contributed by atoms with Gasteiger partial charge < -0.3 is 4.74 Å². The maximum absolute atomic E-state index is 12.2. The Morgan fingerprint density at radius 1 is 1.32 bits per heavy atom. The predicted molar refractivity (Wildman–Crippen MR) is 77.8 cm³/mol. The number of carbonyl (C=O) groups is 1. The number of aromatic nitrogens is 1. The average molecular weight is 281 g/mol. The highest BCUT2D eigenvalue weighted by molar-refractivity contribution is 7.14. The van der Waals surface area contributed by atoms with E-state index in [1.165, 1.54) is 11.3 Å². The third kappa shape index (κ3) is 2.48. The number of ketones is 1. The number of methoxy groups -OCH3 is 1. The second-order valence-corrected chi connectivity index (χ2v) is 7.14. The van der Waals surface area contributed by atoms with Gasteiger partial charge in [-0.15, -0.1) is 11.3 Å². The quantitative estimate of drug-likeness (QED) is 0.838. The van der Waals surface area contributed by atoms with Crippen LogP contribution in [0, 0.1) is 5.41 Å². The molecule has 1 heterocycles. The Morgan fingerprint density at radius 2 is 1.95 bits per heavy atom. The fraction of sp³-hybridized carbons (Fsp3) is 0.733. The molecule has 19 heavy (non-hydrogen) atoms. The summed E-state index contributed by atoms with van der Waals surface area (Å²) in [5.41, 5.74) is 0.681. The topological polar surface area (TPSA) is 39.2 Å². The number of carbonyl (C=O) groups excluding carboxylic acids is 1. The van der Waals surface area contributed by atoms with E-state index < -0.39 is 0 Å². The molecule has 0 atom stereocenters. The first-order valence-electron chi connectivity index (χ1n) is 6.96. The normalized spacial score (nSPS) is 18.5. The number of Topliss-reactive ketones (excluding diaryl/α,β-unsaturated/α-hetero) is 1. The second-order valence-electron chi connectivity index (χ2n) is 6.14. The molecule has 1 aliphatic rings. The molecule has 2 rings (SSSR count). The van der Waals surface area contributed by atoms with E-state index in [1.54, 1.807) is 7.11 Å². The molecule has 106 valence electrons. The van der Waals surface area contributed by atoms with Crippen molar-refractivity contribution in [2.24, 2.45) is 5.41 Å². The van der Waals surface area contributed by atoms with E-state index in [0.717, 1.165) is 34.8 Å². The lowest BCUT2D eigenvalue weighted by Crippen LogP contribution is -2.27. The first-order chi connectivity index (χ1) is 8.87. The standard InChI is InChI=1S/C15H23NO2S/c1-6-15(7-2,18-5)13-16-10-8-14(3,4)9-11(17)12(10)19-13/h6-9H2,1-5H3. The van der Waals surface area contributed by atoms with Gasteiger partial charge in [0.15, 0.2) is 5.78 Å². The predicted octanol–water partition coefficient (Wildman–Crippen LogP) is 3.96. The van der Waals surface area contributed by atoms with Crippen LogP contribution in [-0.4, -0.2) is 17.9 Å². The van der Waals surface area contributed by atoms with Gasteiger partial charge in [-0.25, -0.2) is 4.98 Å². The van der Waals surface area contributed by atoms with E-state index in [1.807, 2.05) is 0 Å². The van der Waals surface area contributed by atoms with Gasteiger partial charge in [-0.1, -0.05) is 27.7 Å². The smallest absolute Gasteiger partial charge is 0.175 e. The molecule has 0 unspecified atom stereocenters. The third-order valence-corrected chi connectivity index (χ3v) is 5.48. The summed E-state index contributed by atoms with van der Waals surface area (Å²) in [6, 6.07) is 0. The van der Waals surface area contributed by atoms with Crippen molar-refractivity contribution in [2.45, 2.75) is 59.0 Å². The van der Waals surface area contributed by atoms with Crippen LogP contribution in [0.4, 0.5) is 0 Å². The molecule has 0 radical (unpaired) electrons. The molecule has 0 saturated carbocycles. The van der Waals surface area contributed by atoms with Crippen molar-refractivity contribution in [2.75, 3.05) is 7.11 Å². The summed E-state index contributed by atoms with van der Waals surface area (Å²) < 4.78 is 5.72. The molecular weight excluding hydrogens is 258 g/mol. The summed E-state index contributed by atoms with van der Waals surface area (Å²) >= 11 is 1.54. The minimum Gasteiger partial charge on any atom is -0.371 e. The van der Waals surface area contributed by atoms with Crippen LogP contribution in [-0.2, 0) is 16.8 Å². The first-order valence-corrected chi connectivity index (χ1v) is 7.77. The Balaban J connectivity index is 2.45. The van der Waals surface area contributed by atoms with Crippen LogP contribution in [0.2, 0.25) is 0 Å². The molecule has 0 fully saturated rings. The maximum Gasteiger partial charge on any atom is 0.175 e. The zero-order valence-corrected chi connectivity index (χ0v) is 13.3. The Hall–Kier alpha value is -0.740. The van der Waals surface area contributed by atoms with E-state index in [9.17, 15) is 4.79 Å². The van der Waals surface area contributed by atoms with Crippen molar-refractivity contribution >= 4 is 17.1 Å². The first kappa shape index (κ1) is 14.7. The zero-order valence-electron chi connectivity index (χ0n) is 12.5. The van der Waals surface area contributed by atoms with Crippen molar-refractivity contribution < 1.29 is 9.53 Å². The zero-order chi connectivity index (χ0) is 14.3. The molecular formula is C15H23NO2S. The van der Waals surface area contributed by atoms with Gasteiger partial charge >= 0.3 is 0 Å². The lowest BCUT2D eigenvalue weighted by Gasteiger charge is -2.27. The number of nitrogens with zero attached hydrogens (tertiary/aromatic N) is 1. The van der Waals surface area contributed by atoms with Crippen LogP contribution in [0.3, 0.4) is 0 Å². The number of hydrogen-bond donors (Lipinski definition) is 0. The maximum atomic E-state index is 12.2. The van der Waals surface area contributed by atoms with Gasteiger partial charge in [-0.2, -0.15) is 0 Å². The summed E-state index contributed by atoms with van der Waals surface area (Å²) in [6.07, 6.45) is 3.27. The van der Waals surface area contributed by atoms with Crippen LogP contribution in [0.1, 0.15) is 67.3 Å². The van der Waals surface area contributed by atoms with Gasteiger partial charge in [0.2, 0.25) is 0 Å². The molecule has 0 bridgehead atoms. The number of hydrogen-bond acceptors (Lipinski definition) is 4. The molecule has 0 aromatic carbocycles. The fourth-order valence-electron chi connectivity index (χ4n) is 2.84. The molecule has 0 spiro atoms. The molecule has 1 aromatic rings. The fourth-order valence-corrected chi connectivity index (χ4v) is 4.17. The van der Waals surface area contributed by atoms with Crippen molar-refractivity contribution in [3.05, 3.63) is 15.6 Å². The summed E-state index contributed by atoms with van der Waals surface area (Å²) in [6.45, 7) is 8.49. The van der Waals surface area contributed by atoms with E-state index in [2.05, 4.69) is 27.7 Å². The molecule has 0 N–H and O–H groups in total. The van der Waals surface area contributed by atoms with Crippen molar-refractivity contribution in [1.29, 1.82) is 0 Å². The monoisotopic (exact) mass is 281 g/mol. The Kier molecular flexibility index (Phi) is 3.85. The van der Waals surface area contributed by atoms with Crippen LogP contribution >= 0.6 is 11.3 Å². The molecule has 1 aromatic heterocycles. The van der Waals surface area contributed by atoms with E-state index in [-0.39, 0.29) is 16.8 Å². The highest BCUT2D eigenvalue weighted by atomic mass is 32.1. The lowest BCUT2D eigenvalue weighted by molar-refractivity contribution is -0.0220. The lowest BCUT2D eigenvalue weighted by atomic mass is 9.78. The average Bonchev–Trinajstić information content (AvgIpc) is 2.75. The summed E-state index contributed by atoms with van der Waals surface area (Å²) in [4.78, 5) is 17.8. The Labute approximate surface area is 119 Å². The Morgan fingerprint density at radius 3 is 2.47 bits per heavy atom. The van der Waals surface area contributed by atoms with Gasteiger partial charge in [-0.3, -0.25) is 4.79 Å². The third-order valence-electron chi connectivity index (χ3n) is 4.16. The van der Waals surface area contributed by atoms with Crippen molar-refractivity contribution in [3.8, 4) is 0 Å².